The summed E-state index contributed by atoms with van der Waals surface area (Å²) in [5.41, 5.74) is 0. The Labute approximate surface area is 126 Å². The first-order valence-corrected chi connectivity index (χ1v) is 8.64. The van der Waals surface area contributed by atoms with E-state index < -0.39 is 10.0 Å². The fourth-order valence-corrected chi connectivity index (χ4v) is 3.66. The molecule has 1 N–H and O–H groups in total. The number of rotatable bonds is 5. The van der Waals surface area contributed by atoms with Crippen molar-refractivity contribution in [1.29, 1.82) is 0 Å². The molecule has 1 fully saturated rings. The van der Waals surface area contributed by atoms with Crippen LogP contribution in [0.15, 0.2) is 17.3 Å². The van der Waals surface area contributed by atoms with E-state index in [0.717, 1.165) is 13.1 Å². The molecule has 21 heavy (non-hydrogen) atoms. The molecule has 3 atom stereocenters. The van der Waals surface area contributed by atoms with E-state index in [0.29, 0.717) is 6.54 Å². The molecule has 7 nitrogen and oxygen atoms in total. The molecule has 1 aliphatic rings. The fraction of sp³-hybridized carbons (Fsp3) is 0.769. The Kier molecular flexibility index (Phi) is 5.03. The van der Waals surface area contributed by atoms with Crippen LogP contribution in [0.4, 0.5) is 0 Å². The summed E-state index contributed by atoms with van der Waals surface area (Å²) in [5, 5.41) is 3.89. The highest BCUT2D eigenvalue weighted by Gasteiger charge is 2.26. The second-order valence-corrected chi connectivity index (χ2v) is 7.53. The third-order valence-electron chi connectivity index (χ3n) is 3.63. The SMILES string of the molecule is C[C@@H]1CN([C@@H](C)CNS(=O)(=O)c2cnn(C)c2)C[C@@H](C)O1. The van der Waals surface area contributed by atoms with Gasteiger partial charge in [0.1, 0.15) is 4.90 Å². The van der Waals surface area contributed by atoms with Gasteiger partial charge >= 0.3 is 0 Å². The Morgan fingerprint density at radius 1 is 1.43 bits per heavy atom. The molecule has 0 amide bonds. The topological polar surface area (TPSA) is 76.5 Å². The minimum Gasteiger partial charge on any atom is -0.373 e. The lowest BCUT2D eigenvalue weighted by Gasteiger charge is -2.38. The average Bonchev–Trinajstić information content (AvgIpc) is 2.82. The molecule has 2 rings (SSSR count). The van der Waals surface area contributed by atoms with Crippen LogP contribution in [0.25, 0.3) is 0 Å². The van der Waals surface area contributed by atoms with Crippen LogP contribution in [-0.2, 0) is 21.8 Å². The summed E-state index contributed by atoms with van der Waals surface area (Å²) in [7, 11) is -1.80. The summed E-state index contributed by atoms with van der Waals surface area (Å²) in [6.45, 7) is 8.11. The zero-order chi connectivity index (χ0) is 15.6. The molecule has 2 heterocycles. The van der Waals surface area contributed by atoms with Gasteiger partial charge in [0.2, 0.25) is 10.0 Å². The molecule has 1 aromatic rings. The van der Waals surface area contributed by atoms with Crippen molar-refractivity contribution in [3.05, 3.63) is 12.4 Å². The number of hydrogen-bond donors (Lipinski definition) is 1. The third-order valence-corrected chi connectivity index (χ3v) is 5.01. The average molecular weight is 316 g/mol. The van der Waals surface area contributed by atoms with E-state index in [1.54, 1.807) is 7.05 Å². The fourth-order valence-electron chi connectivity index (χ4n) is 2.56. The second kappa shape index (κ2) is 6.43. The number of aromatic nitrogens is 2. The number of nitrogens with one attached hydrogen (secondary N) is 1. The Morgan fingerprint density at radius 3 is 2.57 bits per heavy atom. The lowest BCUT2D eigenvalue weighted by molar-refractivity contribution is -0.0776. The van der Waals surface area contributed by atoms with Gasteiger partial charge in [-0.25, -0.2) is 13.1 Å². The summed E-state index contributed by atoms with van der Waals surface area (Å²) >= 11 is 0. The van der Waals surface area contributed by atoms with Gasteiger partial charge in [0.05, 0.1) is 18.4 Å². The molecule has 8 heteroatoms. The van der Waals surface area contributed by atoms with Crippen LogP contribution in [0.2, 0.25) is 0 Å². The highest BCUT2D eigenvalue weighted by atomic mass is 32.2. The Morgan fingerprint density at radius 2 is 2.05 bits per heavy atom. The zero-order valence-corrected chi connectivity index (χ0v) is 13.8. The van der Waals surface area contributed by atoms with Crippen LogP contribution < -0.4 is 4.72 Å². The first-order chi connectivity index (χ1) is 9.78. The highest BCUT2D eigenvalue weighted by molar-refractivity contribution is 7.89. The van der Waals surface area contributed by atoms with Crippen LogP contribution in [0, 0.1) is 0 Å². The Balaban J connectivity index is 1.93. The van der Waals surface area contributed by atoms with Crippen LogP contribution in [0.3, 0.4) is 0 Å². The number of sulfonamides is 1. The molecule has 0 aromatic carbocycles. The van der Waals surface area contributed by atoms with Crippen molar-refractivity contribution in [2.45, 2.75) is 43.9 Å². The smallest absolute Gasteiger partial charge is 0.243 e. The minimum absolute atomic E-state index is 0.116. The van der Waals surface area contributed by atoms with Crippen molar-refractivity contribution in [3.63, 3.8) is 0 Å². The molecule has 0 unspecified atom stereocenters. The molecule has 0 bridgehead atoms. The number of nitrogens with zero attached hydrogens (tertiary/aromatic N) is 3. The van der Waals surface area contributed by atoms with Gasteiger partial charge < -0.3 is 4.74 Å². The maximum Gasteiger partial charge on any atom is 0.243 e. The van der Waals surface area contributed by atoms with Crippen molar-refractivity contribution in [1.82, 2.24) is 19.4 Å². The molecule has 1 aliphatic heterocycles. The summed E-state index contributed by atoms with van der Waals surface area (Å²) in [5.74, 6) is 0. The lowest BCUT2D eigenvalue weighted by Crippen LogP contribution is -2.52. The van der Waals surface area contributed by atoms with Gasteiger partial charge in [-0.1, -0.05) is 0 Å². The lowest BCUT2D eigenvalue weighted by atomic mass is 10.2. The van der Waals surface area contributed by atoms with E-state index in [9.17, 15) is 8.42 Å². The molecule has 0 spiro atoms. The molecule has 120 valence electrons. The highest BCUT2D eigenvalue weighted by Crippen LogP contribution is 2.14. The normalized spacial score (nSPS) is 25.9. The van der Waals surface area contributed by atoms with Gasteiger partial charge in [-0.3, -0.25) is 9.58 Å². The molecule has 0 saturated carbocycles. The largest absolute Gasteiger partial charge is 0.373 e. The zero-order valence-electron chi connectivity index (χ0n) is 13.0. The minimum atomic E-state index is -3.49. The van der Waals surface area contributed by atoms with E-state index >= 15 is 0 Å². The Bertz CT molecular complexity index is 562. The molecule has 0 radical (unpaired) electrons. The van der Waals surface area contributed by atoms with Crippen LogP contribution >= 0.6 is 0 Å². The number of hydrogen-bond acceptors (Lipinski definition) is 5. The van der Waals surface area contributed by atoms with E-state index in [4.69, 9.17) is 4.74 Å². The van der Waals surface area contributed by atoms with Crippen molar-refractivity contribution >= 4 is 10.0 Å². The molecule has 1 saturated heterocycles. The predicted molar refractivity (Wildman–Crippen MR) is 79.4 cm³/mol. The third kappa shape index (κ3) is 4.26. The maximum absolute atomic E-state index is 12.2. The monoisotopic (exact) mass is 316 g/mol. The van der Waals surface area contributed by atoms with Gasteiger partial charge in [0, 0.05) is 38.9 Å². The standard InChI is InChI=1S/C13H24N4O3S/c1-10(17-7-11(2)20-12(3)8-17)5-15-21(18,19)13-6-14-16(4)9-13/h6,9-12,15H,5,7-8H2,1-4H3/t10-,11+,12+/m0/s1. The van der Waals surface area contributed by atoms with Gasteiger partial charge in [0.25, 0.3) is 0 Å². The van der Waals surface area contributed by atoms with Crippen LogP contribution in [-0.4, -0.2) is 61.0 Å². The molecule has 0 aliphatic carbocycles. The first-order valence-electron chi connectivity index (χ1n) is 7.15. The predicted octanol–water partition coefficient (Wildman–Crippen LogP) is 0.196. The number of morpholine rings is 1. The molecule has 1 aromatic heterocycles. The summed E-state index contributed by atoms with van der Waals surface area (Å²) in [4.78, 5) is 2.45. The Hall–Kier alpha value is -0.960. The number of aryl methyl sites for hydroxylation is 1. The van der Waals surface area contributed by atoms with Gasteiger partial charge in [-0.2, -0.15) is 5.10 Å². The number of ether oxygens (including phenoxy) is 1. The maximum atomic E-state index is 12.2. The van der Waals surface area contributed by atoms with Gasteiger partial charge in [-0.15, -0.1) is 0 Å². The first kappa shape index (κ1) is 16.4. The van der Waals surface area contributed by atoms with Crippen molar-refractivity contribution in [2.75, 3.05) is 19.6 Å². The summed E-state index contributed by atoms with van der Waals surface area (Å²) < 4.78 is 34.1. The van der Waals surface area contributed by atoms with Crippen molar-refractivity contribution in [3.8, 4) is 0 Å². The molecular weight excluding hydrogens is 292 g/mol. The van der Waals surface area contributed by atoms with Gasteiger partial charge in [-0.05, 0) is 20.8 Å². The van der Waals surface area contributed by atoms with E-state index in [-0.39, 0.29) is 23.1 Å². The van der Waals surface area contributed by atoms with Crippen molar-refractivity contribution < 1.29 is 13.2 Å². The van der Waals surface area contributed by atoms with Crippen molar-refractivity contribution in [2.24, 2.45) is 7.05 Å². The summed E-state index contributed by atoms with van der Waals surface area (Å²) in [6, 6.07) is 0.116. The second-order valence-electron chi connectivity index (χ2n) is 5.76. The van der Waals surface area contributed by atoms with Crippen LogP contribution in [0.5, 0.6) is 0 Å². The van der Waals surface area contributed by atoms with E-state index in [1.165, 1.54) is 17.1 Å². The molecular formula is C13H24N4O3S. The van der Waals surface area contributed by atoms with Crippen LogP contribution in [0.1, 0.15) is 20.8 Å². The quantitative estimate of drug-likeness (QED) is 0.839. The van der Waals surface area contributed by atoms with E-state index in [1.807, 2.05) is 20.8 Å². The van der Waals surface area contributed by atoms with Gasteiger partial charge in [0.15, 0.2) is 0 Å². The summed E-state index contributed by atoms with van der Waals surface area (Å²) in [6.07, 6.45) is 3.19. The van der Waals surface area contributed by atoms with E-state index in [2.05, 4.69) is 14.7 Å².